The maximum Gasteiger partial charge on any atom is 0.172 e. The van der Waals surface area contributed by atoms with E-state index < -0.39 is 0 Å². The largest absolute Gasteiger partial charge is 0.380 e. The van der Waals surface area contributed by atoms with Crippen molar-refractivity contribution in [3.8, 4) is 0 Å². The third-order valence-corrected chi connectivity index (χ3v) is 5.02. The van der Waals surface area contributed by atoms with Gasteiger partial charge in [0, 0.05) is 39.1 Å². The van der Waals surface area contributed by atoms with Gasteiger partial charge in [0.1, 0.15) is 0 Å². The molecule has 0 aromatic rings. The molecule has 1 heterocycles. The Morgan fingerprint density at radius 1 is 1.37 bits per heavy atom. The fraction of sp³-hybridized carbons (Fsp3) is 0.826. The van der Waals surface area contributed by atoms with Crippen LogP contribution in [0.25, 0.3) is 0 Å². The van der Waals surface area contributed by atoms with Crippen molar-refractivity contribution in [3.63, 3.8) is 0 Å². The highest BCUT2D eigenvalue weighted by Gasteiger charge is 2.42. The Hall–Kier alpha value is -0.680. The second-order valence-electron chi connectivity index (χ2n) is 7.70. The molecule has 4 heteroatoms. The molecular formula is C23H43NO3. The van der Waals surface area contributed by atoms with Gasteiger partial charge in [0.15, 0.2) is 5.79 Å². The van der Waals surface area contributed by atoms with Crippen molar-refractivity contribution >= 4 is 0 Å². The Morgan fingerprint density at radius 2 is 2.15 bits per heavy atom. The van der Waals surface area contributed by atoms with E-state index in [0.29, 0.717) is 0 Å². The molecule has 27 heavy (non-hydrogen) atoms. The van der Waals surface area contributed by atoms with Crippen molar-refractivity contribution in [2.24, 2.45) is 5.92 Å². The van der Waals surface area contributed by atoms with Gasteiger partial charge in [0.2, 0.25) is 0 Å². The molecule has 158 valence electrons. The quantitative estimate of drug-likeness (QED) is 0.364. The molecule has 0 amide bonds. The summed E-state index contributed by atoms with van der Waals surface area (Å²) in [7, 11) is 0. The van der Waals surface area contributed by atoms with E-state index in [1.165, 1.54) is 6.42 Å². The van der Waals surface area contributed by atoms with E-state index in [2.05, 4.69) is 31.4 Å². The van der Waals surface area contributed by atoms with Crippen LogP contribution in [0.5, 0.6) is 0 Å². The summed E-state index contributed by atoms with van der Waals surface area (Å²) in [6, 6.07) is 0. The van der Waals surface area contributed by atoms with Crippen LogP contribution in [-0.4, -0.2) is 56.2 Å². The number of hydrogen-bond donors (Lipinski definition) is 0. The fourth-order valence-corrected chi connectivity index (χ4v) is 3.70. The van der Waals surface area contributed by atoms with Crippen LogP contribution >= 0.6 is 0 Å². The molecular weight excluding hydrogens is 338 g/mol. The molecule has 1 fully saturated rings. The highest BCUT2D eigenvalue weighted by atomic mass is 16.7. The van der Waals surface area contributed by atoms with Gasteiger partial charge >= 0.3 is 0 Å². The lowest BCUT2D eigenvalue weighted by Crippen LogP contribution is -2.34. The van der Waals surface area contributed by atoms with E-state index in [-0.39, 0.29) is 11.9 Å². The van der Waals surface area contributed by atoms with Gasteiger partial charge in [-0.15, -0.1) is 6.58 Å². The van der Waals surface area contributed by atoms with Crippen molar-refractivity contribution in [1.82, 2.24) is 4.90 Å². The number of rotatable bonds is 11. The third-order valence-electron chi connectivity index (χ3n) is 5.02. The summed E-state index contributed by atoms with van der Waals surface area (Å²) >= 11 is 0. The highest BCUT2D eigenvalue weighted by Crippen LogP contribution is 2.39. The first-order valence-electron chi connectivity index (χ1n) is 11.0. The minimum absolute atomic E-state index is 0.208. The summed E-state index contributed by atoms with van der Waals surface area (Å²) in [5, 5.41) is 0. The molecule has 1 saturated heterocycles. The van der Waals surface area contributed by atoms with Crippen LogP contribution < -0.4 is 0 Å². The molecule has 0 aromatic carbocycles. The molecule has 0 N–H and O–H groups in total. The normalized spacial score (nSPS) is 24.9. The number of nitrogens with zero attached hydrogens (tertiary/aromatic N) is 1. The first kappa shape index (κ1) is 24.4. The van der Waals surface area contributed by atoms with Crippen LogP contribution in [0.1, 0.15) is 66.7 Å². The van der Waals surface area contributed by atoms with Crippen LogP contribution in [0.2, 0.25) is 0 Å². The van der Waals surface area contributed by atoms with Gasteiger partial charge in [-0.3, -0.25) is 4.90 Å². The molecule has 0 bridgehead atoms. The average molecular weight is 382 g/mol. The van der Waals surface area contributed by atoms with Gasteiger partial charge in [-0.2, -0.15) is 0 Å². The van der Waals surface area contributed by atoms with E-state index in [0.717, 1.165) is 71.1 Å². The lowest BCUT2D eigenvalue weighted by Gasteiger charge is -2.32. The molecule has 1 aliphatic heterocycles. The Labute approximate surface area is 167 Å². The number of allylic oxidation sites excluding steroid dienone is 1. The monoisotopic (exact) mass is 381 g/mol. The highest BCUT2D eigenvalue weighted by molar-refractivity contribution is 5.10. The topological polar surface area (TPSA) is 30.9 Å². The van der Waals surface area contributed by atoms with Crippen molar-refractivity contribution in [2.45, 2.75) is 78.6 Å². The molecule has 2 rings (SSSR count). The first-order chi connectivity index (χ1) is 13.1. The summed E-state index contributed by atoms with van der Waals surface area (Å²) in [5.41, 5.74) is 1.57. The Bertz CT molecular complexity index is 435. The molecule has 1 spiro atoms. The second kappa shape index (κ2) is 13.5. The van der Waals surface area contributed by atoms with Crippen LogP contribution in [0.4, 0.5) is 0 Å². The van der Waals surface area contributed by atoms with Crippen LogP contribution in [-0.2, 0) is 14.2 Å². The van der Waals surface area contributed by atoms with E-state index in [9.17, 15) is 0 Å². The number of hydrogen-bond acceptors (Lipinski definition) is 4. The Kier molecular flexibility index (Phi) is 12.2. The average Bonchev–Trinajstić information content (AvgIpc) is 3.06. The van der Waals surface area contributed by atoms with E-state index in [1.807, 2.05) is 26.8 Å². The third kappa shape index (κ3) is 8.91. The van der Waals surface area contributed by atoms with Crippen molar-refractivity contribution in [2.75, 3.05) is 39.5 Å². The molecule has 2 unspecified atom stereocenters. The SMILES string of the molecule is C=CCN(CCOCC)CCC1COC2(CC=C(CC(C)C)CC2)O1.CC. The standard InChI is InChI=1S/C21H37NO3.C2H6/c1-5-12-22(14-15-23-6-2)13-9-20-17-24-21(25-20)10-7-19(8-11-21)16-18(3)4;1-2/h5,7,18,20H,1,6,8-17H2,2-4H3;1-2H3. The number of ether oxygens (including phenoxy) is 3. The molecule has 0 radical (unpaired) electrons. The minimum Gasteiger partial charge on any atom is -0.380 e. The Morgan fingerprint density at radius 3 is 2.74 bits per heavy atom. The second-order valence-corrected chi connectivity index (χ2v) is 7.70. The van der Waals surface area contributed by atoms with E-state index in [1.54, 1.807) is 5.57 Å². The van der Waals surface area contributed by atoms with Gasteiger partial charge in [0.25, 0.3) is 0 Å². The van der Waals surface area contributed by atoms with Crippen molar-refractivity contribution in [1.29, 1.82) is 0 Å². The minimum atomic E-state index is -0.347. The van der Waals surface area contributed by atoms with Crippen LogP contribution in [0.15, 0.2) is 24.3 Å². The molecule has 0 saturated carbocycles. The summed E-state index contributed by atoms with van der Waals surface area (Å²) in [6.45, 7) is 19.6. The zero-order valence-corrected chi connectivity index (χ0v) is 18.5. The van der Waals surface area contributed by atoms with Gasteiger partial charge in [-0.25, -0.2) is 0 Å². The first-order valence-corrected chi connectivity index (χ1v) is 11.0. The van der Waals surface area contributed by atoms with Gasteiger partial charge in [-0.05, 0) is 32.1 Å². The fourth-order valence-electron chi connectivity index (χ4n) is 3.70. The van der Waals surface area contributed by atoms with Crippen molar-refractivity contribution < 1.29 is 14.2 Å². The predicted molar refractivity (Wildman–Crippen MR) is 114 cm³/mol. The smallest absolute Gasteiger partial charge is 0.172 e. The summed E-state index contributed by atoms with van der Waals surface area (Å²) in [5.74, 6) is 0.380. The van der Waals surface area contributed by atoms with Crippen LogP contribution in [0.3, 0.4) is 0 Å². The Balaban J connectivity index is 0.00000176. The maximum atomic E-state index is 6.35. The van der Waals surface area contributed by atoms with Crippen molar-refractivity contribution in [3.05, 3.63) is 24.3 Å². The van der Waals surface area contributed by atoms with Gasteiger partial charge in [-0.1, -0.05) is 45.4 Å². The lowest BCUT2D eigenvalue weighted by molar-refractivity contribution is -0.173. The maximum absolute atomic E-state index is 6.35. The van der Waals surface area contributed by atoms with Gasteiger partial charge < -0.3 is 14.2 Å². The van der Waals surface area contributed by atoms with E-state index in [4.69, 9.17) is 14.2 Å². The molecule has 4 nitrogen and oxygen atoms in total. The molecule has 2 aliphatic rings. The van der Waals surface area contributed by atoms with Crippen LogP contribution in [0, 0.1) is 5.92 Å². The molecule has 0 aromatic heterocycles. The van der Waals surface area contributed by atoms with E-state index >= 15 is 0 Å². The van der Waals surface area contributed by atoms with Gasteiger partial charge in [0.05, 0.1) is 19.3 Å². The predicted octanol–water partition coefficient (Wildman–Crippen LogP) is 5.20. The molecule has 1 aliphatic carbocycles. The lowest BCUT2D eigenvalue weighted by atomic mass is 9.89. The summed E-state index contributed by atoms with van der Waals surface area (Å²) in [6.07, 6.45) is 9.76. The zero-order chi connectivity index (χ0) is 20.1. The molecule has 2 atom stereocenters. The summed E-state index contributed by atoms with van der Waals surface area (Å²) in [4.78, 5) is 2.37. The summed E-state index contributed by atoms with van der Waals surface area (Å²) < 4.78 is 17.9. The zero-order valence-electron chi connectivity index (χ0n) is 18.5.